The first-order valence-electron chi connectivity index (χ1n) is 10.6. The number of hydrogen-bond acceptors (Lipinski definition) is 3. The van der Waals surface area contributed by atoms with Crippen LogP contribution in [-0.2, 0) is 9.59 Å². The van der Waals surface area contributed by atoms with Crippen LogP contribution in [0.2, 0.25) is 0 Å². The lowest BCUT2D eigenvalue weighted by Crippen LogP contribution is -2.27. The number of carbonyl (C=O) groups is 2. The minimum Gasteiger partial charge on any atom is -0.370 e. The van der Waals surface area contributed by atoms with Crippen LogP contribution in [0.5, 0.6) is 0 Å². The highest BCUT2D eigenvalue weighted by Gasteiger charge is 2.23. The van der Waals surface area contributed by atoms with E-state index in [-0.39, 0.29) is 11.8 Å². The molecule has 2 N–H and O–H groups in total. The zero-order valence-corrected chi connectivity index (χ0v) is 17.9. The maximum atomic E-state index is 13.2. The number of anilines is 3. The maximum Gasteiger partial charge on any atom is 0.251 e. The van der Waals surface area contributed by atoms with Crippen LogP contribution in [0.4, 0.5) is 17.1 Å². The van der Waals surface area contributed by atoms with Crippen molar-refractivity contribution < 1.29 is 9.59 Å². The lowest BCUT2D eigenvalue weighted by Gasteiger charge is -2.21. The van der Waals surface area contributed by atoms with E-state index in [1.54, 1.807) is 0 Å². The van der Waals surface area contributed by atoms with Crippen LogP contribution < -0.4 is 15.5 Å². The second kappa shape index (κ2) is 9.04. The first kappa shape index (κ1) is 20.7. The largest absolute Gasteiger partial charge is 0.370 e. The molecule has 1 aliphatic rings. The Kier molecular flexibility index (Phi) is 6.03. The zero-order chi connectivity index (χ0) is 21.8. The summed E-state index contributed by atoms with van der Waals surface area (Å²) >= 11 is 0. The average molecular weight is 414 g/mol. The van der Waals surface area contributed by atoms with Gasteiger partial charge in [0.15, 0.2) is 0 Å². The summed E-state index contributed by atoms with van der Waals surface area (Å²) in [6.45, 7) is 4.79. The normalized spacial score (nSPS) is 14.4. The molecule has 0 saturated carbocycles. The van der Waals surface area contributed by atoms with E-state index in [1.807, 2.05) is 85.5 Å². The second-order valence-electron chi connectivity index (χ2n) is 8.05. The van der Waals surface area contributed by atoms with E-state index in [1.165, 1.54) is 0 Å². The molecule has 1 saturated heterocycles. The number of amides is 2. The van der Waals surface area contributed by atoms with Crippen molar-refractivity contribution in [3.05, 3.63) is 89.5 Å². The molecule has 0 bridgehead atoms. The molecule has 1 aliphatic heterocycles. The van der Waals surface area contributed by atoms with Crippen LogP contribution in [0.25, 0.3) is 0 Å². The SMILES string of the molecule is Cc1cc(C)cc(NC(=O)[C@H](Nc2ccc(N3CCCC3=O)cc2)c2ccccc2)c1. The molecule has 1 atom stereocenters. The van der Waals surface area contributed by atoms with Gasteiger partial charge >= 0.3 is 0 Å². The number of rotatable bonds is 6. The van der Waals surface area contributed by atoms with Crippen molar-refractivity contribution in [2.45, 2.75) is 32.7 Å². The fourth-order valence-corrected chi connectivity index (χ4v) is 4.03. The third-order valence-corrected chi connectivity index (χ3v) is 5.45. The second-order valence-corrected chi connectivity index (χ2v) is 8.05. The first-order valence-corrected chi connectivity index (χ1v) is 10.6. The zero-order valence-electron chi connectivity index (χ0n) is 17.9. The van der Waals surface area contributed by atoms with E-state index in [9.17, 15) is 9.59 Å². The van der Waals surface area contributed by atoms with Crippen molar-refractivity contribution in [1.82, 2.24) is 0 Å². The minimum atomic E-state index is -0.554. The van der Waals surface area contributed by atoms with Crippen molar-refractivity contribution in [2.24, 2.45) is 0 Å². The van der Waals surface area contributed by atoms with Gasteiger partial charge in [-0.2, -0.15) is 0 Å². The lowest BCUT2D eigenvalue weighted by atomic mass is 10.0. The third-order valence-electron chi connectivity index (χ3n) is 5.45. The molecule has 158 valence electrons. The van der Waals surface area contributed by atoms with Crippen LogP contribution in [0.15, 0.2) is 72.8 Å². The summed E-state index contributed by atoms with van der Waals surface area (Å²) in [5, 5.41) is 6.41. The number of benzene rings is 3. The minimum absolute atomic E-state index is 0.130. The molecule has 0 aliphatic carbocycles. The Labute approximate surface area is 183 Å². The van der Waals surface area contributed by atoms with Gasteiger partial charge in [0, 0.05) is 30.0 Å². The van der Waals surface area contributed by atoms with Crippen molar-refractivity contribution in [3.8, 4) is 0 Å². The molecule has 1 heterocycles. The summed E-state index contributed by atoms with van der Waals surface area (Å²) in [6.07, 6.45) is 1.50. The quantitative estimate of drug-likeness (QED) is 0.582. The van der Waals surface area contributed by atoms with Gasteiger partial charge in [-0.25, -0.2) is 0 Å². The summed E-state index contributed by atoms with van der Waals surface area (Å²) in [7, 11) is 0. The number of hydrogen-bond donors (Lipinski definition) is 2. The van der Waals surface area contributed by atoms with Crippen molar-refractivity contribution in [2.75, 3.05) is 22.1 Å². The molecule has 5 heteroatoms. The molecule has 31 heavy (non-hydrogen) atoms. The van der Waals surface area contributed by atoms with E-state index in [0.717, 1.165) is 46.7 Å². The van der Waals surface area contributed by atoms with Gasteiger partial charge in [0.1, 0.15) is 6.04 Å². The standard InChI is InChI=1S/C26H27N3O2/c1-18-15-19(2)17-22(16-18)28-26(31)25(20-7-4-3-5-8-20)27-21-10-12-23(13-11-21)29-14-6-9-24(29)30/h3-5,7-8,10-13,15-17,25,27H,6,9,14H2,1-2H3,(H,28,31)/t25-/m1/s1. The van der Waals surface area contributed by atoms with Gasteiger partial charge in [0.05, 0.1) is 0 Å². The van der Waals surface area contributed by atoms with Gasteiger partial charge in [-0.1, -0.05) is 36.4 Å². The van der Waals surface area contributed by atoms with Crippen LogP contribution in [0, 0.1) is 13.8 Å². The molecule has 0 radical (unpaired) electrons. The average Bonchev–Trinajstić information content (AvgIpc) is 3.18. The highest BCUT2D eigenvalue weighted by molar-refractivity contribution is 5.98. The summed E-state index contributed by atoms with van der Waals surface area (Å²) < 4.78 is 0. The van der Waals surface area contributed by atoms with Gasteiger partial charge < -0.3 is 15.5 Å². The van der Waals surface area contributed by atoms with Crippen LogP contribution in [0.3, 0.4) is 0 Å². The Morgan fingerprint density at radius 3 is 2.19 bits per heavy atom. The Morgan fingerprint density at radius 2 is 1.58 bits per heavy atom. The molecule has 0 spiro atoms. The fraction of sp³-hybridized carbons (Fsp3) is 0.231. The smallest absolute Gasteiger partial charge is 0.251 e. The summed E-state index contributed by atoms with van der Waals surface area (Å²) in [6, 6.07) is 22.8. The van der Waals surface area contributed by atoms with Crippen LogP contribution >= 0.6 is 0 Å². The predicted molar refractivity (Wildman–Crippen MR) is 125 cm³/mol. The molecule has 3 aromatic carbocycles. The van der Waals surface area contributed by atoms with Gasteiger partial charge in [-0.05, 0) is 73.4 Å². The van der Waals surface area contributed by atoms with Crippen LogP contribution in [-0.4, -0.2) is 18.4 Å². The van der Waals surface area contributed by atoms with E-state index >= 15 is 0 Å². The van der Waals surface area contributed by atoms with Gasteiger partial charge in [-0.15, -0.1) is 0 Å². The Bertz CT molecular complexity index is 1060. The Balaban J connectivity index is 1.55. The van der Waals surface area contributed by atoms with E-state index in [2.05, 4.69) is 16.7 Å². The topological polar surface area (TPSA) is 61.4 Å². The van der Waals surface area contributed by atoms with Crippen molar-refractivity contribution >= 4 is 28.9 Å². The van der Waals surface area contributed by atoms with E-state index in [4.69, 9.17) is 0 Å². The monoisotopic (exact) mass is 413 g/mol. The number of aryl methyl sites for hydroxylation is 2. The third kappa shape index (κ3) is 4.94. The molecular formula is C26H27N3O2. The summed E-state index contributed by atoms with van der Waals surface area (Å²) in [5.41, 5.74) is 5.58. The summed E-state index contributed by atoms with van der Waals surface area (Å²) in [5.74, 6) is 0.0331. The van der Waals surface area contributed by atoms with Gasteiger partial charge in [-0.3, -0.25) is 9.59 Å². The molecule has 1 fully saturated rings. The molecule has 0 unspecified atom stereocenters. The van der Waals surface area contributed by atoms with E-state index < -0.39 is 6.04 Å². The number of carbonyl (C=O) groups excluding carboxylic acids is 2. The van der Waals surface area contributed by atoms with Gasteiger partial charge in [0.2, 0.25) is 5.91 Å². The predicted octanol–water partition coefficient (Wildman–Crippen LogP) is 5.22. The molecule has 2 amide bonds. The molecule has 0 aromatic heterocycles. The molecule has 4 rings (SSSR count). The Morgan fingerprint density at radius 1 is 0.903 bits per heavy atom. The fourth-order valence-electron chi connectivity index (χ4n) is 4.03. The lowest BCUT2D eigenvalue weighted by molar-refractivity contribution is -0.117. The maximum absolute atomic E-state index is 13.2. The highest BCUT2D eigenvalue weighted by atomic mass is 16.2. The van der Waals surface area contributed by atoms with E-state index in [0.29, 0.717) is 6.42 Å². The summed E-state index contributed by atoms with van der Waals surface area (Å²) in [4.78, 5) is 27.0. The first-order chi connectivity index (χ1) is 15.0. The van der Waals surface area contributed by atoms with Crippen molar-refractivity contribution in [3.63, 3.8) is 0 Å². The number of nitrogens with one attached hydrogen (secondary N) is 2. The number of nitrogens with zero attached hydrogens (tertiary/aromatic N) is 1. The van der Waals surface area contributed by atoms with Crippen LogP contribution in [0.1, 0.15) is 35.6 Å². The van der Waals surface area contributed by atoms with Crippen molar-refractivity contribution in [1.29, 1.82) is 0 Å². The molecule has 5 nitrogen and oxygen atoms in total. The Hall–Kier alpha value is -3.60. The highest BCUT2D eigenvalue weighted by Crippen LogP contribution is 2.26. The van der Waals surface area contributed by atoms with Gasteiger partial charge in [0.25, 0.3) is 5.91 Å². The molecular weight excluding hydrogens is 386 g/mol. The molecule has 3 aromatic rings.